The van der Waals surface area contributed by atoms with Gasteiger partial charge >= 0.3 is 0 Å². The van der Waals surface area contributed by atoms with Crippen LogP contribution in [0.3, 0.4) is 0 Å². The van der Waals surface area contributed by atoms with E-state index in [9.17, 15) is 4.79 Å². The van der Waals surface area contributed by atoms with Crippen molar-refractivity contribution >= 4 is 23.7 Å². The highest BCUT2D eigenvalue weighted by Gasteiger charge is 2.23. The molecule has 0 unspecified atom stereocenters. The second-order valence-electron chi connectivity index (χ2n) is 5.03. The summed E-state index contributed by atoms with van der Waals surface area (Å²) in [4.78, 5) is 24.1. The van der Waals surface area contributed by atoms with Gasteiger partial charge in [-0.2, -0.15) is 0 Å². The van der Waals surface area contributed by atoms with Gasteiger partial charge in [-0.05, 0) is 20.8 Å². The van der Waals surface area contributed by atoms with Crippen LogP contribution in [0.5, 0.6) is 0 Å². The van der Waals surface area contributed by atoms with Crippen LogP contribution in [0.4, 0.5) is 5.82 Å². The van der Waals surface area contributed by atoms with Crippen molar-refractivity contribution < 1.29 is 4.79 Å². The standard InChI is InChI=1S/C13H19ClN4O/c1-9(2)17-4-6-18(7-5-17)13-11(8-19)12(14)15-10(3)16-13/h8-9H,4-7H2,1-3H3. The molecule has 0 radical (unpaired) electrons. The number of aryl methyl sites for hydroxylation is 1. The molecule has 0 bridgehead atoms. The number of carbonyl (C=O) groups excluding carboxylic acids is 1. The van der Waals surface area contributed by atoms with Crippen molar-refractivity contribution in [2.75, 3.05) is 31.1 Å². The molecule has 1 aromatic heterocycles. The molecular formula is C13H19ClN4O. The zero-order valence-corrected chi connectivity index (χ0v) is 12.3. The van der Waals surface area contributed by atoms with E-state index in [1.54, 1.807) is 6.92 Å². The first-order valence-electron chi connectivity index (χ1n) is 6.51. The lowest BCUT2D eigenvalue weighted by molar-refractivity contribution is 0.112. The molecule has 104 valence electrons. The number of hydrogen-bond acceptors (Lipinski definition) is 5. The SMILES string of the molecule is Cc1nc(Cl)c(C=O)c(N2CCN(C(C)C)CC2)n1. The van der Waals surface area contributed by atoms with E-state index in [1.807, 2.05) is 0 Å². The highest BCUT2D eigenvalue weighted by atomic mass is 35.5. The normalized spacial score (nSPS) is 17.0. The van der Waals surface area contributed by atoms with Crippen LogP contribution in [0.1, 0.15) is 30.0 Å². The summed E-state index contributed by atoms with van der Waals surface area (Å²) in [6.45, 7) is 9.82. The van der Waals surface area contributed by atoms with Gasteiger partial charge in [0.2, 0.25) is 0 Å². The molecule has 1 aliphatic rings. The van der Waals surface area contributed by atoms with Crippen molar-refractivity contribution in [2.45, 2.75) is 26.8 Å². The Bertz CT molecular complexity index is 470. The average molecular weight is 283 g/mol. The molecule has 0 N–H and O–H groups in total. The van der Waals surface area contributed by atoms with E-state index in [0.29, 0.717) is 23.2 Å². The second-order valence-corrected chi connectivity index (χ2v) is 5.39. The minimum absolute atomic E-state index is 0.240. The topological polar surface area (TPSA) is 49.3 Å². The van der Waals surface area contributed by atoms with E-state index in [4.69, 9.17) is 11.6 Å². The maximum Gasteiger partial charge on any atom is 0.156 e. The number of aldehydes is 1. The van der Waals surface area contributed by atoms with E-state index in [-0.39, 0.29) is 5.15 Å². The van der Waals surface area contributed by atoms with Crippen molar-refractivity contribution in [2.24, 2.45) is 0 Å². The van der Waals surface area contributed by atoms with E-state index < -0.39 is 0 Å². The quantitative estimate of drug-likeness (QED) is 0.625. The molecule has 0 atom stereocenters. The number of piperazine rings is 1. The van der Waals surface area contributed by atoms with Gasteiger partial charge in [0.05, 0.1) is 5.56 Å². The Morgan fingerprint density at radius 1 is 1.21 bits per heavy atom. The smallest absolute Gasteiger partial charge is 0.156 e. The predicted molar refractivity (Wildman–Crippen MR) is 76.1 cm³/mol. The molecule has 1 fully saturated rings. The summed E-state index contributed by atoms with van der Waals surface area (Å²) < 4.78 is 0. The fourth-order valence-electron chi connectivity index (χ4n) is 2.33. The van der Waals surface area contributed by atoms with Gasteiger partial charge in [0.25, 0.3) is 0 Å². The Morgan fingerprint density at radius 3 is 2.37 bits per heavy atom. The van der Waals surface area contributed by atoms with Gasteiger partial charge < -0.3 is 4.90 Å². The lowest BCUT2D eigenvalue weighted by Crippen LogP contribution is -2.49. The predicted octanol–water partition coefficient (Wildman–Crippen LogP) is 1.78. The molecule has 0 amide bonds. The van der Waals surface area contributed by atoms with Crippen molar-refractivity contribution in [1.29, 1.82) is 0 Å². The Labute approximate surface area is 118 Å². The summed E-state index contributed by atoms with van der Waals surface area (Å²) in [6, 6.07) is 0.545. The Kier molecular flexibility index (Phi) is 4.37. The molecule has 0 aliphatic carbocycles. The molecule has 19 heavy (non-hydrogen) atoms. The van der Waals surface area contributed by atoms with Gasteiger partial charge in [0.15, 0.2) is 6.29 Å². The number of hydrogen-bond donors (Lipinski definition) is 0. The van der Waals surface area contributed by atoms with E-state index in [1.165, 1.54) is 0 Å². The first-order valence-corrected chi connectivity index (χ1v) is 6.89. The number of halogens is 1. The van der Waals surface area contributed by atoms with Crippen LogP contribution in [-0.2, 0) is 0 Å². The van der Waals surface area contributed by atoms with Gasteiger partial charge in [0, 0.05) is 32.2 Å². The molecule has 0 saturated carbocycles. The van der Waals surface area contributed by atoms with Crippen molar-refractivity contribution in [1.82, 2.24) is 14.9 Å². The fourth-order valence-corrected chi connectivity index (χ4v) is 2.58. The van der Waals surface area contributed by atoms with Gasteiger partial charge in [0.1, 0.15) is 16.8 Å². The third-order valence-corrected chi connectivity index (χ3v) is 3.74. The zero-order valence-electron chi connectivity index (χ0n) is 11.6. The Morgan fingerprint density at radius 2 is 1.84 bits per heavy atom. The monoisotopic (exact) mass is 282 g/mol. The van der Waals surface area contributed by atoms with Gasteiger partial charge in [-0.1, -0.05) is 11.6 Å². The third kappa shape index (κ3) is 3.04. The number of aromatic nitrogens is 2. The molecule has 5 nitrogen and oxygen atoms in total. The molecule has 2 heterocycles. The van der Waals surface area contributed by atoms with Gasteiger partial charge in [-0.3, -0.25) is 9.69 Å². The van der Waals surface area contributed by atoms with Crippen LogP contribution in [0.2, 0.25) is 5.15 Å². The fraction of sp³-hybridized carbons (Fsp3) is 0.615. The first-order chi connectivity index (χ1) is 9.02. The molecule has 2 rings (SSSR count). The molecule has 1 aliphatic heterocycles. The number of anilines is 1. The lowest BCUT2D eigenvalue weighted by Gasteiger charge is -2.37. The van der Waals surface area contributed by atoms with Crippen LogP contribution in [0, 0.1) is 6.92 Å². The molecular weight excluding hydrogens is 264 g/mol. The van der Waals surface area contributed by atoms with Crippen LogP contribution in [0.15, 0.2) is 0 Å². The zero-order chi connectivity index (χ0) is 14.0. The first kappa shape index (κ1) is 14.2. The summed E-state index contributed by atoms with van der Waals surface area (Å²) in [5.74, 6) is 1.26. The van der Waals surface area contributed by atoms with Gasteiger partial charge in [-0.15, -0.1) is 0 Å². The largest absolute Gasteiger partial charge is 0.353 e. The maximum atomic E-state index is 11.2. The van der Waals surface area contributed by atoms with E-state index >= 15 is 0 Å². The number of carbonyl (C=O) groups is 1. The lowest BCUT2D eigenvalue weighted by atomic mass is 10.2. The highest BCUT2D eigenvalue weighted by Crippen LogP contribution is 2.24. The van der Waals surface area contributed by atoms with Crippen LogP contribution >= 0.6 is 11.6 Å². The number of rotatable bonds is 3. The second kappa shape index (κ2) is 5.84. The summed E-state index contributed by atoms with van der Waals surface area (Å²) in [5.41, 5.74) is 0.394. The molecule has 0 spiro atoms. The average Bonchev–Trinajstić information content (AvgIpc) is 2.38. The highest BCUT2D eigenvalue weighted by molar-refractivity contribution is 6.32. The summed E-state index contributed by atoms with van der Waals surface area (Å²) in [6.07, 6.45) is 0.742. The van der Waals surface area contributed by atoms with Crippen LogP contribution < -0.4 is 4.90 Å². The van der Waals surface area contributed by atoms with Crippen molar-refractivity contribution in [3.63, 3.8) is 0 Å². The summed E-state index contributed by atoms with van der Waals surface area (Å²) in [7, 11) is 0. The number of nitrogens with zero attached hydrogens (tertiary/aromatic N) is 4. The van der Waals surface area contributed by atoms with Crippen molar-refractivity contribution in [3.8, 4) is 0 Å². The summed E-state index contributed by atoms with van der Waals surface area (Å²) in [5, 5.41) is 0.240. The Hall–Kier alpha value is -1.20. The molecule has 1 saturated heterocycles. The minimum Gasteiger partial charge on any atom is -0.353 e. The maximum absolute atomic E-state index is 11.2. The van der Waals surface area contributed by atoms with Gasteiger partial charge in [-0.25, -0.2) is 9.97 Å². The van der Waals surface area contributed by atoms with Crippen LogP contribution in [0.25, 0.3) is 0 Å². The summed E-state index contributed by atoms with van der Waals surface area (Å²) >= 11 is 6.01. The Balaban J connectivity index is 2.22. The van der Waals surface area contributed by atoms with Crippen molar-refractivity contribution in [3.05, 3.63) is 16.5 Å². The molecule has 1 aromatic rings. The van der Waals surface area contributed by atoms with E-state index in [0.717, 1.165) is 32.5 Å². The van der Waals surface area contributed by atoms with E-state index in [2.05, 4.69) is 33.6 Å². The third-order valence-electron chi connectivity index (χ3n) is 3.45. The molecule has 0 aromatic carbocycles. The van der Waals surface area contributed by atoms with Crippen LogP contribution in [-0.4, -0.2) is 53.4 Å². The molecule has 6 heteroatoms. The minimum atomic E-state index is 0.240.